The molecule has 0 bridgehead atoms. The Morgan fingerprint density at radius 2 is 1.75 bits per heavy atom. The van der Waals surface area contributed by atoms with Crippen molar-refractivity contribution in [3.8, 4) is 5.75 Å². The highest BCUT2D eigenvalue weighted by atomic mass is 35.5. The predicted molar refractivity (Wildman–Crippen MR) is 98.8 cm³/mol. The zero-order valence-corrected chi connectivity index (χ0v) is 15.6. The van der Waals surface area contributed by atoms with E-state index in [1.54, 1.807) is 19.1 Å². The van der Waals surface area contributed by atoms with Gasteiger partial charge in [0, 0.05) is 5.02 Å². The lowest BCUT2D eigenvalue weighted by atomic mass is 10.0. The highest BCUT2D eigenvalue weighted by molar-refractivity contribution is 6.31. The lowest BCUT2D eigenvalue weighted by molar-refractivity contribution is -0.127. The van der Waals surface area contributed by atoms with Gasteiger partial charge in [-0.2, -0.15) is 0 Å². The van der Waals surface area contributed by atoms with Crippen LogP contribution < -0.4 is 10.1 Å². The lowest BCUT2D eigenvalue weighted by Gasteiger charge is -2.20. The molecule has 0 saturated carbocycles. The normalized spacial score (nSPS) is 13.2. The van der Waals surface area contributed by atoms with Gasteiger partial charge in [0.1, 0.15) is 5.75 Å². The third kappa shape index (κ3) is 4.51. The van der Waals surface area contributed by atoms with Crippen LogP contribution in [-0.2, 0) is 4.79 Å². The van der Waals surface area contributed by atoms with E-state index < -0.39 is 6.10 Å². The van der Waals surface area contributed by atoms with Crippen molar-refractivity contribution in [2.75, 3.05) is 0 Å². The van der Waals surface area contributed by atoms with Gasteiger partial charge < -0.3 is 10.1 Å². The Bertz CT molecular complexity index is 742. The van der Waals surface area contributed by atoms with Crippen molar-refractivity contribution in [3.05, 3.63) is 63.7 Å². The number of rotatable bonds is 5. The zero-order valence-electron chi connectivity index (χ0n) is 14.8. The van der Waals surface area contributed by atoms with Crippen LogP contribution in [-0.4, -0.2) is 12.0 Å². The highest BCUT2D eigenvalue weighted by Crippen LogP contribution is 2.22. The molecule has 0 radical (unpaired) electrons. The molecule has 2 aromatic carbocycles. The molecule has 0 spiro atoms. The molecule has 0 unspecified atom stereocenters. The van der Waals surface area contributed by atoms with Crippen LogP contribution in [0.15, 0.2) is 36.4 Å². The minimum Gasteiger partial charge on any atom is -0.481 e. The second-order valence-electron chi connectivity index (χ2n) is 6.26. The molecule has 4 heteroatoms. The number of amides is 1. The van der Waals surface area contributed by atoms with Gasteiger partial charge in [-0.3, -0.25) is 4.79 Å². The molecule has 0 aromatic heterocycles. The van der Waals surface area contributed by atoms with E-state index in [1.165, 1.54) is 11.1 Å². The summed E-state index contributed by atoms with van der Waals surface area (Å²) in [7, 11) is 0. The molecule has 1 N–H and O–H groups in total. The van der Waals surface area contributed by atoms with Crippen molar-refractivity contribution < 1.29 is 9.53 Å². The number of benzene rings is 2. The fraction of sp³-hybridized carbons (Fsp3) is 0.350. The van der Waals surface area contributed by atoms with Crippen LogP contribution in [0.25, 0.3) is 0 Å². The van der Waals surface area contributed by atoms with Gasteiger partial charge in [-0.15, -0.1) is 0 Å². The first-order chi connectivity index (χ1) is 11.3. The molecular formula is C20H24ClNO2. The van der Waals surface area contributed by atoms with E-state index in [0.717, 1.165) is 11.1 Å². The van der Waals surface area contributed by atoms with Crippen molar-refractivity contribution in [2.24, 2.45) is 0 Å². The van der Waals surface area contributed by atoms with E-state index >= 15 is 0 Å². The highest BCUT2D eigenvalue weighted by Gasteiger charge is 2.18. The van der Waals surface area contributed by atoms with Crippen LogP contribution in [0.4, 0.5) is 0 Å². The number of nitrogens with one attached hydrogen (secondary N) is 1. The molecule has 2 rings (SSSR count). The second kappa shape index (κ2) is 7.71. The van der Waals surface area contributed by atoms with Crippen LogP contribution in [0, 0.1) is 20.8 Å². The van der Waals surface area contributed by atoms with E-state index in [2.05, 4.69) is 37.4 Å². The van der Waals surface area contributed by atoms with E-state index in [0.29, 0.717) is 10.8 Å². The van der Waals surface area contributed by atoms with Gasteiger partial charge in [-0.25, -0.2) is 0 Å². The van der Waals surface area contributed by atoms with Crippen LogP contribution in [0.1, 0.15) is 42.1 Å². The summed E-state index contributed by atoms with van der Waals surface area (Å²) < 4.78 is 5.73. The molecule has 0 aliphatic carbocycles. The summed E-state index contributed by atoms with van der Waals surface area (Å²) in [5.74, 6) is 0.494. The van der Waals surface area contributed by atoms with Crippen molar-refractivity contribution in [1.82, 2.24) is 5.32 Å². The Kier molecular flexibility index (Phi) is 5.89. The minimum atomic E-state index is -0.584. The monoisotopic (exact) mass is 345 g/mol. The first-order valence-electron chi connectivity index (χ1n) is 8.08. The number of hydrogen-bond acceptors (Lipinski definition) is 2. The van der Waals surface area contributed by atoms with E-state index in [4.69, 9.17) is 16.3 Å². The Balaban J connectivity index is 2.01. The smallest absolute Gasteiger partial charge is 0.261 e. The molecule has 0 aliphatic heterocycles. The zero-order chi connectivity index (χ0) is 17.9. The first-order valence-corrected chi connectivity index (χ1v) is 8.46. The Hall–Kier alpha value is -2.00. The number of carbonyl (C=O) groups excluding carboxylic acids is 1. The van der Waals surface area contributed by atoms with Gasteiger partial charge >= 0.3 is 0 Å². The summed E-state index contributed by atoms with van der Waals surface area (Å²) in [6.45, 7) is 9.75. The van der Waals surface area contributed by atoms with Crippen LogP contribution in [0.3, 0.4) is 0 Å². The molecule has 0 fully saturated rings. The molecule has 3 nitrogen and oxygen atoms in total. The maximum absolute atomic E-state index is 12.4. The number of hydrogen-bond donors (Lipinski definition) is 1. The third-order valence-corrected chi connectivity index (χ3v) is 4.49. The van der Waals surface area contributed by atoms with E-state index in [-0.39, 0.29) is 11.9 Å². The fourth-order valence-corrected chi connectivity index (χ4v) is 2.79. The quantitative estimate of drug-likeness (QED) is 0.836. The second-order valence-corrected chi connectivity index (χ2v) is 6.67. The topological polar surface area (TPSA) is 38.3 Å². The molecule has 0 saturated heterocycles. The Morgan fingerprint density at radius 3 is 2.38 bits per heavy atom. The summed E-state index contributed by atoms with van der Waals surface area (Å²) in [6.07, 6.45) is -0.584. The molecule has 2 aromatic rings. The number of halogens is 1. The van der Waals surface area contributed by atoms with Gasteiger partial charge in [-0.1, -0.05) is 35.4 Å². The maximum atomic E-state index is 12.4. The van der Waals surface area contributed by atoms with Crippen LogP contribution in [0.2, 0.25) is 5.02 Å². The average Bonchev–Trinajstić information content (AvgIpc) is 2.50. The minimum absolute atomic E-state index is 0.0731. The maximum Gasteiger partial charge on any atom is 0.261 e. The van der Waals surface area contributed by atoms with Gasteiger partial charge in [0.15, 0.2) is 6.10 Å². The van der Waals surface area contributed by atoms with Crippen LogP contribution in [0.5, 0.6) is 5.75 Å². The standard InChI is InChI=1S/C20H24ClNO2/c1-12-6-8-18(13(2)10-12)15(4)22-20(23)16(5)24-17-7-9-19(21)14(3)11-17/h6-11,15-16H,1-5H3,(H,22,23)/t15-,16-/m0/s1. The largest absolute Gasteiger partial charge is 0.481 e. The SMILES string of the molecule is Cc1ccc([C@H](C)NC(=O)[C@H](C)Oc2ccc(Cl)c(C)c2)c(C)c1. The van der Waals surface area contributed by atoms with Crippen molar-refractivity contribution in [3.63, 3.8) is 0 Å². The molecule has 0 heterocycles. The lowest BCUT2D eigenvalue weighted by Crippen LogP contribution is -2.38. The van der Waals surface area contributed by atoms with Gasteiger partial charge in [0.05, 0.1) is 6.04 Å². The number of aryl methyl sites for hydroxylation is 3. The summed E-state index contributed by atoms with van der Waals surface area (Å²) in [4.78, 5) is 12.4. The average molecular weight is 346 g/mol. The summed E-state index contributed by atoms with van der Waals surface area (Å²) in [6, 6.07) is 11.5. The Labute approximate surface area is 149 Å². The number of ether oxygens (including phenoxy) is 1. The Morgan fingerprint density at radius 1 is 1.04 bits per heavy atom. The summed E-state index contributed by atoms with van der Waals surface area (Å²) >= 11 is 6.01. The first kappa shape index (κ1) is 18.3. The van der Waals surface area contributed by atoms with Crippen molar-refractivity contribution in [2.45, 2.75) is 46.8 Å². The van der Waals surface area contributed by atoms with Crippen LogP contribution >= 0.6 is 11.6 Å². The van der Waals surface area contributed by atoms with Gasteiger partial charge in [0.25, 0.3) is 5.91 Å². The van der Waals surface area contributed by atoms with Crippen molar-refractivity contribution >= 4 is 17.5 Å². The molecule has 1 amide bonds. The van der Waals surface area contributed by atoms with E-state index in [1.807, 2.05) is 19.9 Å². The molecular weight excluding hydrogens is 322 g/mol. The molecule has 2 atom stereocenters. The third-order valence-electron chi connectivity index (χ3n) is 4.06. The van der Waals surface area contributed by atoms with Gasteiger partial charge in [0.2, 0.25) is 0 Å². The summed E-state index contributed by atoms with van der Waals surface area (Å²) in [5.41, 5.74) is 4.42. The predicted octanol–water partition coefficient (Wildman–Crippen LogP) is 4.91. The number of carbonyl (C=O) groups is 1. The summed E-state index contributed by atoms with van der Waals surface area (Å²) in [5, 5.41) is 3.70. The van der Waals surface area contributed by atoms with Crippen molar-refractivity contribution in [1.29, 1.82) is 0 Å². The molecule has 128 valence electrons. The van der Waals surface area contributed by atoms with Gasteiger partial charge in [-0.05, 0) is 69.5 Å². The molecule has 24 heavy (non-hydrogen) atoms. The molecule has 0 aliphatic rings. The fourth-order valence-electron chi connectivity index (χ4n) is 2.67. The van der Waals surface area contributed by atoms with E-state index in [9.17, 15) is 4.79 Å².